The largest absolute Gasteiger partial charge is 0.390 e. The van der Waals surface area contributed by atoms with Gasteiger partial charge in [-0.15, -0.1) is 0 Å². The molecule has 1 fully saturated rings. The van der Waals surface area contributed by atoms with E-state index in [0.717, 1.165) is 13.1 Å². The summed E-state index contributed by atoms with van der Waals surface area (Å²) in [5.41, 5.74) is 5.36. The topological polar surface area (TPSA) is 49.5 Å². The average molecular weight is 172 g/mol. The van der Waals surface area contributed by atoms with Crippen molar-refractivity contribution >= 4 is 0 Å². The minimum atomic E-state index is -0.336. The van der Waals surface area contributed by atoms with E-state index >= 15 is 0 Å². The number of nitrogens with zero attached hydrogens (tertiary/aromatic N) is 1. The van der Waals surface area contributed by atoms with Crippen molar-refractivity contribution in [3.63, 3.8) is 0 Å². The van der Waals surface area contributed by atoms with E-state index in [9.17, 15) is 5.11 Å². The Kier molecular flexibility index (Phi) is 3.98. The zero-order chi connectivity index (χ0) is 8.97. The molecule has 1 rings (SSSR count). The second kappa shape index (κ2) is 4.80. The van der Waals surface area contributed by atoms with Gasteiger partial charge in [0.05, 0.1) is 6.10 Å². The molecule has 0 aliphatic carbocycles. The first kappa shape index (κ1) is 9.96. The van der Waals surface area contributed by atoms with Crippen LogP contribution in [0.4, 0.5) is 0 Å². The van der Waals surface area contributed by atoms with Crippen LogP contribution in [0, 0.1) is 0 Å². The van der Waals surface area contributed by atoms with Crippen molar-refractivity contribution in [1.29, 1.82) is 0 Å². The fourth-order valence-electron chi connectivity index (χ4n) is 1.94. The molecular formula is C9H20N2O. The second-order valence-electron chi connectivity index (χ2n) is 3.59. The molecule has 1 aliphatic heterocycles. The van der Waals surface area contributed by atoms with E-state index in [1.807, 2.05) is 0 Å². The molecule has 2 atom stereocenters. The van der Waals surface area contributed by atoms with Gasteiger partial charge in [-0.3, -0.25) is 4.90 Å². The Morgan fingerprint density at radius 2 is 2.42 bits per heavy atom. The molecule has 3 N–H and O–H groups in total. The quantitative estimate of drug-likeness (QED) is 0.636. The highest BCUT2D eigenvalue weighted by Gasteiger charge is 2.23. The van der Waals surface area contributed by atoms with Crippen molar-refractivity contribution in [2.24, 2.45) is 5.73 Å². The van der Waals surface area contributed by atoms with E-state index in [-0.39, 0.29) is 6.10 Å². The third kappa shape index (κ3) is 2.44. The van der Waals surface area contributed by atoms with Gasteiger partial charge in [-0.2, -0.15) is 0 Å². The van der Waals surface area contributed by atoms with Crippen LogP contribution in [0.3, 0.4) is 0 Å². The van der Waals surface area contributed by atoms with Gasteiger partial charge in [0.15, 0.2) is 0 Å². The van der Waals surface area contributed by atoms with Crippen LogP contribution in [0.5, 0.6) is 0 Å². The highest BCUT2D eigenvalue weighted by atomic mass is 16.3. The van der Waals surface area contributed by atoms with Gasteiger partial charge in [-0.05, 0) is 25.8 Å². The Hall–Kier alpha value is -0.120. The lowest BCUT2D eigenvalue weighted by Gasteiger charge is -2.25. The zero-order valence-corrected chi connectivity index (χ0v) is 7.87. The highest BCUT2D eigenvalue weighted by molar-refractivity contribution is 4.79. The summed E-state index contributed by atoms with van der Waals surface area (Å²) < 4.78 is 0. The molecule has 3 nitrogen and oxygen atoms in total. The third-order valence-corrected chi connectivity index (χ3v) is 2.69. The number of nitrogens with two attached hydrogens (primary N) is 1. The van der Waals surface area contributed by atoms with Crippen LogP contribution in [-0.2, 0) is 0 Å². The molecule has 72 valence electrons. The molecule has 0 aromatic heterocycles. The van der Waals surface area contributed by atoms with Crippen LogP contribution >= 0.6 is 0 Å². The first-order valence-electron chi connectivity index (χ1n) is 4.90. The molecule has 1 aliphatic rings. The lowest BCUT2D eigenvalue weighted by Crippen LogP contribution is -2.39. The molecule has 1 unspecified atom stereocenters. The third-order valence-electron chi connectivity index (χ3n) is 2.69. The first-order valence-corrected chi connectivity index (χ1v) is 4.90. The minimum Gasteiger partial charge on any atom is -0.390 e. The maximum atomic E-state index is 9.36. The zero-order valence-electron chi connectivity index (χ0n) is 7.87. The molecule has 0 radical (unpaired) electrons. The molecule has 0 saturated carbocycles. The monoisotopic (exact) mass is 172 g/mol. The summed E-state index contributed by atoms with van der Waals surface area (Å²) in [6, 6.07) is 0.686. The van der Waals surface area contributed by atoms with Gasteiger partial charge in [-0.1, -0.05) is 6.92 Å². The van der Waals surface area contributed by atoms with Gasteiger partial charge in [0.25, 0.3) is 0 Å². The van der Waals surface area contributed by atoms with Gasteiger partial charge in [0.2, 0.25) is 0 Å². The van der Waals surface area contributed by atoms with Gasteiger partial charge < -0.3 is 10.8 Å². The van der Waals surface area contributed by atoms with Crippen LogP contribution in [0.15, 0.2) is 0 Å². The fraction of sp³-hybridized carbons (Fsp3) is 1.00. The van der Waals surface area contributed by atoms with Gasteiger partial charge in [-0.25, -0.2) is 0 Å². The number of likely N-dealkylation sites (tertiary alicyclic amines) is 1. The predicted octanol–water partition coefficient (Wildman–Crippen LogP) is 0.180. The van der Waals surface area contributed by atoms with E-state index < -0.39 is 0 Å². The van der Waals surface area contributed by atoms with E-state index in [0.29, 0.717) is 12.6 Å². The molecule has 0 spiro atoms. The molecular weight excluding hydrogens is 152 g/mol. The van der Waals surface area contributed by atoms with Crippen LogP contribution in [0.25, 0.3) is 0 Å². The minimum absolute atomic E-state index is 0.336. The normalized spacial score (nSPS) is 27.8. The molecule has 12 heavy (non-hydrogen) atoms. The van der Waals surface area contributed by atoms with E-state index in [1.165, 1.54) is 19.3 Å². The number of rotatable bonds is 4. The number of aliphatic hydroxyl groups is 1. The number of hydrogen-bond donors (Lipinski definition) is 2. The summed E-state index contributed by atoms with van der Waals surface area (Å²) in [6.07, 6.45) is 3.41. The number of hydrogen-bond acceptors (Lipinski definition) is 3. The van der Waals surface area contributed by atoms with Crippen molar-refractivity contribution in [3.05, 3.63) is 0 Å². The van der Waals surface area contributed by atoms with E-state index in [4.69, 9.17) is 5.73 Å². The molecule has 0 aromatic rings. The van der Waals surface area contributed by atoms with Crippen LogP contribution in [0.2, 0.25) is 0 Å². The molecule has 0 bridgehead atoms. The van der Waals surface area contributed by atoms with Crippen LogP contribution in [-0.4, -0.2) is 41.8 Å². The van der Waals surface area contributed by atoms with Gasteiger partial charge >= 0.3 is 0 Å². The average Bonchev–Trinajstić information content (AvgIpc) is 2.51. The first-order chi connectivity index (χ1) is 5.77. The predicted molar refractivity (Wildman–Crippen MR) is 49.9 cm³/mol. The van der Waals surface area contributed by atoms with Crippen molar-refractivity contribution < 1.29 is 5.11 Å². The maximum Gasteiger partial charge on any atom is 0.0789 e. The van der Waals surface area contributed by atoms with Crippen LogP contribution in [0.1, 0.15) is 26.2 Å². The SMILES string of the molecule is CCC1CCCN1C[C@H](O)CN. The molecule has 1 heterocycles. The summed E-state index contributed by atoms with van der Waals surface area (Å²) in [5.74, 6) is 0. The summed E-state index contributed by atoms with van der Waals surface area (Å²) >= 11 is 0. The molecule has 0 aromatic carbocycles. The summed E-state index contributed by atoms with van der Waals surface area (Å²) in [6.45, 7) is 4.48. The molecule has 0 amide bonds. The number of aliphatic hydroxyl groups excluding tert-OH is 1. The summed E-state index contributed by atoms with van der Waals surface area (Å²) in [4.78, 5) is 2.36. The van der Waals surface area contributed by atoms with Crippen molar-refractivity contribution in [2.45, 2.75) is 38.3 Å². The fourth-order valence-corrected chi connectivity index (χ4v) is 1.94. The summed E-state index contributed by atoms with van der Waals surface area (Å²) in [5, 5.41) is 9.36. The van der Waals surface area contributed by atoms with Gasteiger partial charge in [0.1, 0.15) is 0 Å². The van der Waals surface area contributed by atoms with Crippen molar-refractivity contribution in [1.82, 2.24) is 4.90 Å². The Bertz CT molecular complexity index is 130. The Labute approximate surface area is 74.5 Å². The molecule has 1 saturated heterocycles. The lowest BCUT2D eigenvalue weighted by atomic mass is 10.1. The highest BCUT2D eigenvalue weighted by Crippen LogP contribution is 2.19. The van der Waals surface area contributed by atoms with E-state index in [1.54, 1.807) is 0 Å². The number of β-amino-alcohol motifs (C(OH)–C–C–N with tert-alkyl or cyclic N) is 1. The van der Waals surface area contributed by atoms with Crippen LogP contribution < -0.4 is 5.73 Å². The Morgan fingerprint density at radius 3 is 3.00 bits per heavy atom. The van der Waals surface area contributed by atoms with Gasteiger partial charge in [0, 0.05) is 19.1 Å². The van der Waals surface area contributed by atoms with Crippen molar-refractivity contribution in [3.8, 4) is 0 Å². The Morgan fingerprint density at radius 1 is 1.67 bits per heavy atom. The second-order valence-corrected chi connectivity index (χ2v) is 3.59. The summed E-state index contributed by atoms with van der Waals surface area (Å²) in [7, 11) is 0. The smallest absolute Gasteiger partial charge is 0.0789 e. The lowest BCUT2D eigenvalue weighted by molar-refractivity contribution is 0.110. The molecule has 3 heteroatoms. The Balaban J connectivity index is 2.30. The van der Waals surface area contributed by atoms with Crippen molar-refractivity contribution in [2.75, 3.05) is 19.6 Å². The standard InChI is InChI=1S/C9H20N2O/c1-2-8-4-3-5-11(8)7-9(12)6-10/h8-9,12H,2-7,10H2,1H3/t8?,9-/m1/s1. The van der Waals surface area contributed by atoms with E-state index in [2.05, 4.69) is 11.8 Å². The maximum absolute atomic E-state index is 9.36.